The molecule has 0 spiro atoms. The van der Waals surface area contributed by atoms with E-state index in [2.05, 4.69) is 45.9 Å². The molecule has 2 fully saturated rings. The first-order valence-corrected chi connectivity index (χ1v) is 21.8. The van der Waals surface area contributed by atoms with Crippen molar-refractivity contribution in [3.63, 3.8) is 0 Å². The molecule has 2 amide bonds. The van der Waals surface area contributed by atoms with Gasteiger partial charge in [-0.2, -0.15) is 0 Å². The third-order valence-corrected chi connectivity index (χ3v) is 13.3. The fourth-order valence-electron chi connectivity index (χ4n) is 7.11. The van der Waals surface area contributed by atoms with Crippen LogP contribution in [0.4, 0.5) is 11.4 Å². The number of likely N-dealkylation sites (tertiary alicyclic amines) is 1. The molecule has 12 heteroatoms. The van der Waals surface area contributed by atoms with E-state index in [9.17, 15) is 9.59 Å². The third kappa shape index (κ3) is 10.4. The lowest BCUT2D eigenvalue weighted by atomic mass is 10.1. The first-order chi connectivity index (χ1) is 25.8. The van der Waals surface area contributed by atoms with E-state index in [1.807, 2.05) is 43.2 Å². The molecule has 2 saturated heterocycles. The van der Waals surface area contributed by atoms with Gasteiger partial charge in [0.25, 0.3) is 5.91 Å². The van der Waals surface area contributed by atoms with E-state index in [1.165, 1.54) is 29.1 Å². The summed E-state index contributed by atoms with van der Waals surface area (Å²) in [5, 5.41) is 9.23. The van der Waals surface area contributed by atoms with Crippen molar-refractivity contribution in [3.8, 4) is 34.3 Å². The summed E-state index contributed by atoms with van der Waals surface area (Å²) in [5.74, 6) is 2.46. The Labute approximate surface area is 321 Å². The van der Waals surface area contributed by atoms with Gasteiger partial charge in [0.2, 0.25) is 5.91 Å². The molecule has 2 N–H and O–H groups in total. The molecule has 3 aliphatic rings. The van der Waals surface area contributed by atoms with E-state index in [0.29, 0.717) is 67.1 Å². The molecule has 0 aliphatic carbocycles. The van der Waals surface area contributed by atoms with E-state index in [4.69, 9.17) is 18.9 Å². The van der Waals surface area contributed by atoms with E-state index in [-0.39, 0.29) is 25.8 Å². The Kier molecular flexibility index (Phi) is 15.2. The van der Waals surface area contributed by atoms with Crippen molar-refractivity contribution in [2.75, 3.05) is 82.4 Å². The van der Waals surface area contributed by atoms with Crippen LogP contribution in [0.5, 0.6) is 23.0 Å². The lowest BCUT2D eigenvalue weighted by Gasteiger charge is -2.20. The van der Waals surface area contributed by atoms with Crippen LogP contribution in [0.1, 0.15) is 68.8 Å². The normalized spacial score (nSPS) is 18.8. The van der Waals surface area contributed by atoms with Gasteiger partial charge in [0.15, 0.2) is 23.0 Å². The Morgan fingerprint density at radius 1 is 0.962 bits per heavy atom. The fraction of sp³-hybridized carbons (Fsp3) is 0.512. The Morgan fingerprint density at radius 2 is 1.66 bits per heavy atom. The number of nitrogens with zero attached hydrogens (tertiary/aromatic N) is 2. The molecule has 53 heavy (non-hydrogen) atoms. The first-order valence-electron chi connectivity index (χ1n) is 18.6. The summed E-state index contributed by atoms with van der Waals surface area (Å²) in [6.45, 7) is 10.3. The number of amides is 2. The van der Waals surface area contributed by atoms with Crippen molar-refractivity contribution < 1.29 is 28.5 Å². The molecule has 3 aliphatic heterocycles. The van der Waals surface area contributed by atoms with Crippen molar-refractivity contribution >= 4 is 42.9 Å². The number of fused-ring (bicyclic) bond motifs is 2. The second-order valence-electron chi connectivity index (χ2n) is 13.5. The van der Waals surface area contributed by atoms with Gasteiger partial charge in [-0.05, 0) is 87.2 Å². The zero-order valence-corrected chi connectivity index (χ0v) is 33.9. The summed E-state index contributed by atoms with van der Waals surface area (Å²) >= 11 is 1.40. The maximum absolute atomic E-state index is 13.6. The smallest absolute Gasteiger partial charge is 0.256 e. The fourth-order valence-corrected chi connectivity index (χ4v) is 9.72. The number of carbonyl (C=O) groups is 2. The molecule has 2 atom stereocenters. The highest BCUT2D eigenvalue weighted by molar-refractivity contribution is 8.03. The molecule has 0 bridgehead atoms. The molecule has 10 nitrogen and oxygen atoms in total. The standard InChI is InChI=1S/C41H55N4O6PS/c1-7-17-52(18-10-15-50-38-24-33-31(22-36(38)48-4)28-45-27-30(9-3)21-35(45)40(46)43-33)19-11-16-51-39-25-34(42-13-20-53-6)32(23-37(39)49-5)41(47)44-14-12-29(8-2)26-44/h8-9,22-25,35,42H,7,10-12,14-19,21,26-28H2,1-6H3,(H,43,46)/b29-8+,30-9+/t35-,52?/m0/s1. The summed E-state index contributed by atoms with van der Waals surface area (Å²) in [6.07, 6.45) is 14.2. The summed E-state index contributed by atoms with van der Waals surface area (Å²) < 4.78 is 24.0. The molecule has 286 valence electrons. The molecular weight excluding hydrogens is 708 g/mol. The monoisotopic (exact) mass is 762 g/mol. The number of allylic oxidation sites excluding steroid dienone is 2. The number of benzene rings is 2. The summed E-state index contributed by atoms with van der Waals surface area (Å²) in [5.41, 5.74) is 5.55. The summed E-state index contributed by atoms with van der Waals surface area (Å²) in [6, 6.07) is 10.3. The number of thioether (sulfide) groups is 1. The maximum Gasteiger partial charge on any atom is 0.256 e. The van der Waals surface area contributed by atoms with Crippen LogP contribution in [0, 0.1) is 11.3 Å². The molecule has 0 radical (unpaired) electrons. The average molecular weight is 763 g/mol. The number of rotatable bonds is 16. The highest BCUT2D eigenvalue weighted by Crippen LogP contribution is 2.41. The van der Waals surface area contributed by atoms with Gasteiger partial charge in [-0.25, -0.2) is 0 Å². The predicted molar refractivity (Wildman–Crippen MR) is 218 cm³/mol. The van der Waals surface area contributed by atoms with E-state index < -0.39 is 0 Å². The van der Waals surface area contributed by atoms with Gasteiger partial charge >= 0.3 is 0 Å². The Bertz CT molecular complexity index is 1740. The van der Waals surface area contributed by atoms with Crippen LogP contribution in [-0.4, -0.2) is 99.5 Å². The Balaban J connectivity index is 1.14. The van der Waals surface area contributed by atoms with E-state index >= 15 is 0 Å². The number of hydrogen-bond donors (Lipinski definition) is 2. The van der Waals surface area contributed by atoms with Crippen molar-refractivity contribution in [1.82, 2.24) is 9.80 Å². The zero-order valence-electron chi connectivity index (χ0n) is 32.1. The Hall–Kier alpha value is -3.84. The van der Waals surface area contributed by atoms with Gasteiger partial charge in [0.05, 0.1) is 44.7 Å². The summed E-state index contributed by atoms with van der Waals surface area (Å²) in [7, 11) is 3.08. The minimum Gasteiger partial charge on any atom is -0.493 e. The van der Waals surface area contributed by atoms with Gasteiger partial charge in [-0.1, -0.05) is 48.4 Å². The molecule has 0 saturated carbocycles. The SMILES string of the molecule is C/C=C1\CCN(C(=O)c2cc(OC)c(OCCCP(CCC)CCCOc3cc4c(cc3OC)CN3C/C(=C/C)C[C@H]3C(=O)N4)cc2NC#CSC)C1. The van der Waals surface area contributed by atoms with E-state index in [0.717, 1.165) is 62.2 Å². The highest BCUT2D eigenvalue weighted by Gasteiger charge is 2.36. The Morgan fingerprint density at radius 3 is 2.30 bits per heavy atom. The van der Waals surface area contributed by atoms with Crippen LogP contribution in [0.15, 0.2) is 47.6 Å². The van der Waals surface area contributed by atoms with Crippen LogP contribution < -0.4 is 29.6 Å². The average Bonchev–Trinajstić information content (AvgIpc) is 3.80. The second kappa shape index (κ2) is 20.0. The molecule has 3 heterocycles. The van der Waals surface area contributed by atoms with E-state index in [1.54, 1.807) is 20.3 Å². The molecule has 0 aromatic heterocycles. The molecule has 2 aromatic rings. The maximum atomic E-state index is 13.6. The lowest BCUT2D eigenvalue weighted by molar-refractivity contribution is -0.120. The summed E-state index contributed by atoms with van der Waals surface area (Å²) in [4.78, 5) is 30.8. The number of ether oxygens (including phenoxy) is 4. The zero-order chi connectivity index (χ0) is 37.7. The van der Waals surface area contributed by atoms with Crippen LogP contribution in [0.3, 0.4) is 0 Å². The highest BCUT2D eigenvalue weighted by atomic mass is 32.2. The molecule has 2 aromatic carbocycles. The topological polar surface area (TPSA) is 102 Å². The van der Waals surface area contributed by atoms with Crippen molar-refractivity contribution in [2.24, 2.45) is 0 Å². The number of methoxy groups -OCH3 is 2. The quantitative estimate of drug-likeness (QED) is 0.0584. The van der Waals surface area contributed by atoms with Crippen LogP contribution in [-0.2, 0) is 11.3 Å². The minimum absolute atomic E-state index is 0.0369. The first kappa shape index (κ1) is 40.3. The number of anilines is 2. The van der Waals surface area contributed by atoms with Gasteiger partial charge in [-0.3, -0.25) is 14.5 Å². The van der Waals surface area contributed by atoms with Crippen LogP contribution >= 0.6 is 19.7 Å². The van der Waals surface area contributed by atoms with Gasteiger partial charge in [0, 0.05) is 50.0 Å². The second-order valence-corrected chi connectivity index (χ2v) is 16.8. The van der Waals surface area contributed by atoms with Crippen molar-refractivity contribution in [1.29, 1.82) is 0 Å². The van der Waals surface area contributed by atoms with Gasteiger partial charge in [-0.15, -0.1) is 7.92 Å². The number of hydrogen-bond acceptors (Lipinski definition) is 9. The number of carbonyl (C=O) groups excluding carboxylic acids is 2. The number of nitrogens with one attached hydrogen (secondary N) is 2. The van der Waals surface area contributed by atoms with Crippen LogP contribution in [0.2, 0.25) is 0 Å². The van der Waals surface area contributed by atoms with Crippen LogP contribution in [0.25, 0.3) is 0 Å². The lowest BCUT2D eigenvalue weighted by Crippen LogP contribution is -2.36. The van der Waals surface area contributed by atoms with Gasteiger partial charge in [0.1, 0.15) is 0 Å². The van der Waals surface area contributed by atoms with Crippen molar-refractivity contribution in [3.05, 3.63) is 58.7 Å². The largest absolute Gasteiger partial charge is 0.493 e. The predicted octanol–water partition coefficient (Wildman–Crippen LogP) is 7.79. The third-order valence-electron chi connectivity index (χ3n) is 10.0. The molecule has 5 rings (SSSR count). The van der Waals surface area contributed by atoms with Crippen molar-refractivity contribution in [2.45, 2.75) is 65.5 Å². The minimum atomic E-state index is -0.191. The molecule has 1 unspecified atom stereocenters. The molecular formula is C41H55N4O6PS. The van der Waals surface area contributed by atoms with Gasteiger partial charge < -0.3 is 34.5 Å².